The number of hydrogen-bond donors (Lipinski definition) is 2. The van der Waals surface area contributed by atoms with Crippen LogP contribution >= 0.6 is 0 Å². The lowest BCUT2D eigenvalue weighted by atomic mass is 10.1. The summed E-state index contributed by atoms with van der Waals surface area (Å²) in [6.07, 6.45) is 0.456. The molecule has 0 radical (unpaired) electrons. The molecule has 2 aromatic carbocycles. The lowest BCUT2D eigenvalue weighted by molar-refractivity contribution is -0.108. The van der Waals surface area contributed by atoms with Gasteiger partial charge >= 0.3 is 0 Å². The van der Waals surface area contributed by atoms with Crippen LogP contribution in [0.25, 0.3) is 16.6 Å². The number of benzene rings is 2. The third kappa shape index (κ3) is 3.29. The van der Waals surface area contributed by atoms with Crippen LogP contribution in [0.15, 0.2) is 48.5 Å². The minimum Gasteiger partial charge on any atom is -0.386 e. The number of amides is 1. The predicted molar refractivity (Wildman–Crippen MR) is 113 cm³/mol. The van der Waals surface area contributed by atoms with E-state index in [9.17, 15) is 15.0 Å². The molecule has 1 amide bonds. The first-order valence-electron chi connectivity index (χ1n) is 10.4. The molecule has 5 rings (SSSR count). The van der Waals surface area contributed by atoms with Crippen molar-refractivity contribution in [2.24, 2.45) is 0 Å². The average molecular weight is 406 g/mol. The van der Waals surface area contributed by atoms with Crippen LogP contribution in [0.3, 0.4) is 0 Å². The number of carbonyl (C=O) groups is 1. The second-order valence-electron chi connectivity index (χ2n) is 8.37. The first kappa shape index (κ1) is 19.2. The summed E-state index contributed by atoms with van der Waals surface area (Å²) in [5, 5.41) is 26.2. The third-order valence-electron chi connectivity index (χ3n) is 6.37. The van der Waals surface area contributed by atoms with E-state index in [1.807, 2.05) is 63.9 Å². The molecular weight excluding hydrogens is 380 g/mol. The summed E-state index contributed by atoms with van der Waals surface area (Å²) in [6.45, 7) is 4.24. The number of nitrogens with zero attached hydrogens (tertiary/aromatic N) is 4. The van der Waals surface area contributed by atoms with Crippen LogP contribution in [0.2, 0.25) is 0 Å². The van der Waals surface area contributed by atoms with Gasteiger partial charge in [0.2, 0.25) is 0 Å². The summed E-state index contributed by atoms with van der Waals surface area (Å²) < 4.78 is 1.90. The molecule has 0 bridgehead atoms. The molecule has 1 saturated carbocycles. The number of hydrogen-bond acceptors (Lipinski definition) is 5. The maximum atomic E-state index is 12.9. The molecule has 2 N–H and O–H groups in total. The number of aromatic nitrogens is 2. The Balaban J connectivity index is 1.27. The van der Waals surface area contributed by atoms with E-state index in [1.165, 1.54) is 0 Å². The topological polar surface area (TPSA) is 81.8 Å². The van der Waals surface area contributed by atoms with Crippen molar-refractivity contribution in [2.45, 2.75) is 31.6 Å². The normalized spacial score (nSPS) is 19.8. The van der Waals surface area contributed by atoms with Gasteiger partial charge in [0, 0.05) is 42.8 Å². The highest BCUT2D eigenvalue weighted by atomic mass is 16.4. The van der Waals surface area contributed by atoms with E-state index in [-0.39, 0.29) is 5.91 Å². The molecular formula is C23H26N4O3. The third-order valence-corrected chi connectivity index (χ3v) is 6.37. The van der Waals surface area contributed by atoms with Gasteiger partial charge in [-0.1, -0.05) is 18.2 Å². The predicted octanol–water partition coefficient (Wildman–Crippen LogP) is 1.94. The van der Waals surface area contributed by atoms with Crippen molar-refractivity contribution >= 4 is 16.8 Å². The molecule has 1 saturated heterocycles. The fourth-order valence-electron chi connectivity index (χ4n) is 4.24. The Hall–Kier alpha value is -2.74. The Kier molecular flexibility index (Phi) is 4.61. The number of carbonyl (C=O) groups excluding carboxylic acids is 1. The fourth-order valence-corrected chi connectivity index (χ4v) is 4.24. The summed E-state index contributed by atoms with van der Waals surface area (Å²) in [6, 6.07) is 15.6. The van der Waals surface area contributed by atoms with Crippen LogP contribution in [0, 0.1) is 6.92 Å². The molecule has 30 heavy (non-hydrogen) atoms. The average Bonchev–Trinajstić information content (AvgIpc) is 3.46. The second-order valence-corrected chi connectivity index (χ2v) is 8.37. The van der Waals surface area contributed by atoms with E-state index < -0.39 is 11.8 Å². The fraction of sp³-hybridized carbons (Fsp3) is 0.391. The highest BCUT2D eigenvalue weighted by Gasteiger charge is 2.50. The summed E-state index contributed by atoms with van der Waals surface area (Å²) in [5.74, 6) is -0.0110. The van der Waals surface area contributed by atoms with Crippen molar-refractivity contribution in [3.63, 3.8) is 0 Å². The van der Waals surface area contributed by atoms with Gasteiger partial charge in [0.15, 0.2) is 0 Å². The van der Waals surface area contributed by atoms with Gasteiger partial charge in [0.1, 0.15) is 11.8 Å². The molecule has 1 aliphatic carbocycles. The minimum absolute atomic E-state index is 0.0110. The first-order valence-corrected chi connectivity index (χ1v) is 10.4. The van der Waals surface area contributed by atoms with E-state index in [0.29, 0.717) is 44.6 Å². The maximum absolute atomic E-state index is 12.9. The first-order chi connectivity index (χ1) is 14.5. The van der Waals surface area contributed by atoms with Crippen molar-refractivity contribution in [3.8, 4) is 5.69 Å². The van der Waals surface area contributed by atoms with Crippen LogP contribution < -0.4 is 0 Å². The second kappa shape index (κ2) is 7.19. The Morgan fingerprint density at radius 3 is 2.33 bits per heavy atom. The van der Waals surface area contributed by atoms with Crippen molar-refractivity contribution < 1.29 is 15.0 Å². The van der Waals surface area contributed by atoms with Gasteiger partial charge in [-0.25, -0.2) is 4.68 Å². The van der Waals surface area contributed by atoms with Gasteiger partial charge in [0.25, 0.3) is 5.91 Å². The maximum Gasteiger partial charge on any atom is 0.253 e. The summed E-state index contributed by atoms with van der Waals surface area (Å²) in [5.41, 5.74) is 2.63. The quantitative estimate of drug-likeness (QED) is 0.692. The highest BCUT2D eigenvalue weighted by Crippen LogP contribution is 2.39. The van der Waals surface area contributed by atoms with E-state index in [1.54, 1.807) is 0 Å². The summed E-state index contributed by atoms with van der Waals surface area (Å²) >= 11 is 0. The van der Waals surface area contributed by atoms with E-state index in [2.05, 4.69) is 11.2 Å². The number of piperazine rings is 1. The number of rotatable bonds is 4. The lowest BCUT2D eigenvalue weighted by Crippen LogP contribution is -2.55. The molecule has 156 valence electrons. The standard InChI is InChI=1S/C23H26N4O3/c1-16-19-4-2-3-5-20(19)24-27(16)18-8-6-17(7-9-18)21(28)25-12-14-26(15-13-25)22(29)23(30)10-11-23/h2-9,22,29-30H,10-15H2,1H3. The minimum atomic E-state index is -0.947. The molecule has 0 spiro atoms. The SMILES string of the molecule is Cc1c2ccccc2nn1-c1ccc(C(=O)N2CCN(C(O)C3(O)CC3)CC2)cc1. The Morgan fingerprint density at radius 1 is 1.03 bits per heavy atom. The molecule has 2 aliphatic rings. The zero-order valence-electron chi connectivity index (χ0n) is 17.0. The van der Waals surface area contributed by atoms with Crippen molar-refractivity contribution in [2.75, 3.05) is 26.2 Å². The molecule has 1 aliphatic heterocycles. The highest BCUT2D eigenvalue weighted by molar-refractivity contribution is 5.94. The van der Waals surface area contributed by atoms with E-state index in [4.69, 9.17) is 0 Å². The van der Waals surface area contributed by atoms with Crippen LogP contribution in [-0.2, 0) is 0 Å². The molecule has 2 heterocycles. The molecule has 7 nitrogen and oxygen atoms in total. The van der Waals surface area contributed by atoms with E-state index >= 15 is 0 Å². The Morgan fingerprint density at radius 2 is 1.70 bits per heavy atom. The zero-order chi connectivity index (χ0) is 20.9. The van der Waals surface area contributed by atoms with Crippen LogP contribution in [-0.4, -0.2) is 73.7 Å². The van der Waals surface area contributed by atoms with Gasteiger partial charge in [-0.2, -0.15) is 5.10 Å². The Labute approximate surface area is 175 Å². The molecule has 1 unspecified atom stereocenters. The van der Waals surface area contributed by atoms with Crippen molar-refractivity contribution in [1.82, 2.24) is 19.6 Å². The van der Waals surface area contributed by atoms with Gasteiger partial charge in [-0.15, -0.1) is 0 Å². The lowest BCUT2D eigenvalue weighted by Gasteiger charge is -2.38. The summed E-state index contributed by atoms with van der Waals surface area (Å²) in [7, 11) is 0. The monoisotopic (exact) mass is 406 g/mol. The van der Waals surface area contributed by atoms with Crippen molar-refractivity contribution in [1.29, 1.82) is 0 Å². The van der Waals surface area contributed by atoms with Crippen molar-refractivity contribution in [3.05, 3.63) is 59.8 Å². The summed E-state index contributed by atoms with van der Waals surface area (Å²) in [4.78, 5) is 16.6. The van der Waals surface area contributed by atoms with Crippen LogP contribution in [0.4, 0.5) is 0 Å². The number of aliphatic hydroxyl groups excluding tert-OH is 1. The molecule has 1 atom stereocenters. The van der Waals surface area contributed by atoms with E-state index in [0.717, 1.165) is 22.3 Å². The number of aliphatic hydroxyl groups is 2. The largest absolute Gasteiger partial charge is 0.386 e. The van der Waals surface area contributed by atoms with Crippen LogP contribution in [0.1, 0.15) is 28.9 Å². The zero-order valence-corrected chi connectivity index (χ0v) is 17.0. The van der Waals surface area contributed by atoms with Gasteiger partial charge in [0.05, 0.1) is 11.2 Å². The molecule has 1 aromatic heterocycles. The van der Waals surface area contributed by atoms with Gasteiger partial charge in [-0.05, 0) is 50.1 Å². The molecule has 7 heteroatoms. The number of fused-ring (bicyclic) bond motifs is 1. The molecule has 2 fully saturated rings. The van der Waals surface area contributed by atoms with Gasteiger partial charge in [-0.3, -0.25) is 9.69 Å². The Bertz CT molecular complexity index is 1080. The molecule has 3 aromatic rings. The van der Waals surface area contributed by atoms with Gasteiger partial charge < -0.3 is 15.1 Å². The smallest absolute Gasteiger partial charge is 0.253 e. The van der Waals surface area contributed by atoms with Crippen LogP contribution in [0.5, 0.6) is 0 Å². The number of aryl methyl sites for hydroxylation is 1.